The molecule has 1 aliphatic heterocycles. The molecule has 2 aromatic rings. The van der Waals surface area contributed by atoms with Crippen molar-refractivity contribution in [3.63, 3.8) is 0 Å². The van der Waals surface area contributed by atoms with Crippen LogP contribution in [-0.4, -0.2) is 37.1 Å². The highest BCUT2D eigenvalue weighted by Crippen LogP contribution is 2.23. The number of urea groups is 1. The fourth-order valence-electron chi connectivity index (χ4n) is 3.04. The number of carbonyl (C=O) groups is 1. The molecule has 0 radical (unpaired) electrons. The molecule has 1 saturated heterocycles. The van der Waals surface area contributed by atoms with Crippen LogP contribution in [0.15, 0.2) is 42.5 Å². The summed E-state index contributed by atoms with van der Waals surface area (Å²) in [6, 6.07) is 10.4. The van der Waals surface area contributed by atoms with Crippen molar-refractivity contribution in [2.45, 2.75) is 18.9 Å². The Morgan fingerprint density at radius 1 is 1.04 bits per heavy atom. The third kappa shape index (κ3) is 4.33. The quantitative estimate of drug-likeness (QED) is 0.887. The molecule has 0 aliphatic carbocycles. The van der Waals surface area contributed by atoms with Crippen molar-refractivity contribution in [1.29, 1.82) is 0 Å². The van der Waals surface area contributed by atoms with E-state index in [4.69, 9.17) is 0 Å². The van der Waals surface area contributed by atoms with Crippen molar-refractivity contribution in [2.75, 3.05) is 25.5 Å². The van der Waals surface area contributed by atoms with E-state index in [-0.39, 0.29) is 12.1 Å². The Kier molecular flexibility index (Phi) is 5.28. The van der Waals surface area contributed by atoms with Gasteiger partial charge in [-0.15, -0.1) is 0 Å². The molecule has 1 heterocycles. The number of carbonyl (C=O) groups excluding carboxylic acids is 1. The Morgan fingerprint density at radius 2 is 1.64 bits per heavy atom. The minimum Gasteiger partial charge on any atom is -0.325 e. The van der Waals surface area contributed by atoms with Crippen LogP contribution in [-0.2, 0) is 0 Å². The number of rotatable bonds is 3. The van der Waals surface area contributed by atoms with Crippen LogP contribution in [0.2, 0.25) is 0 Å². The fraction of sp³-hybridized carbons (Fsp3) is 0.316. The second-order valence-electron chi connectivity index (χ2n) is 6.26. The Balaban J connectivity index is 1.66. The summed E-state index contributed by atoms with van der Waals surface area (Å²) < 4.78 is 26.6. The highest BCUT2D eigenvalue weighted by atomic mass is 19.1. The zero-order chi connectivity index (χ0) is 17.8. The van der Waals surface area contributed by atoms with Gasteiger partial charge in [0.25, 0.3) is 0 Å². The van der Waals surface area contributed by atoms with Crippen molar-refractivity contribution in [3.05, 3.63) is 54.1 Å². The molecular weight excluding hydrogens is 324 g/mol. The molecule has 0 bridgehead atoms. The first kappa shape index (κ1) is 17.4. The molecule has 2 N–H and O–H groups in total. The molecule has 0 saturated carbocycles. The van der Waals surface area contributed by atoms with Crippen LogP contribution < -0.4 is 10.6 Å². The van der Waals surface area contributed by atoms with E-state index >= 15 is 0 Å². The normalized spacial score (nSPS) is 15.0. The van der Waals surface area contributed by atoms with E-state index in [1.54, 1.807) is 36.2 Å². The minimum atomic E-state index is -0.615. The molecule has 0 atom stereocenters. The number of hydrogen-bond acceptors (Lipinski definition) is 2. The van der Waals surface area contributed by atoms with E-state index in [0.717, 1.165) is 32.0 Å². The van der Waals surface area contributed by atoms with Crippen LogP contribution in [0, 0.1) is 11.6 Å². The molecule has 0 unspecified atom stereocenters. The molecule has 0 aromatic heterocycles. The third-order valence-corrected chi connectivity index (χ3v) is 4.51. The summed E-state index contributed by atoms with van der Waals surface area (Å²) in [7, 11) is 1.80. The largest absolute Gasteiger partial charge is 0.325 e. The molecule has 132 valence electrons. The molecule has 3 rings (SSSR count). The van der Waals surface area contributed by atoms with E-state index in [1.807, 2.05) is 0 Å². The first-order valence-electron chi connectivity index (χ1n) is 8.34. The van der Waals surface area contributed by atoms with Crippen LogP contribution >= 0.6 is 0 Å². The number of anilines is 1. The second-order valence-corrected chi connectivity index (χ2v) is 6.26. The molecule has 0 spiro atoms. The van der Waals surface area contributed by atoms with Gasteiger partial charge in [0.2, 0.25) is 0 Å². The number of halogens is 2. The Labute approximate surface area is 145 Å². The van der Waals surface area contributed by atoms with Gasteiger partial charge in [-0.1, -0.05) is 12.1 Å². The maximum absolute atomic E-state index is 13.3. The van der Waals surface area contributed by atoms with Gasteiger partial charge in [-0.2, -0.15) is 0 Å². The topological polar surface area (TPSA) is 44.4 Å². The molecule has 6 heteroatoms. The summed E-state index contributed by atoms with van der Waals surface area (Å²) >= 11 is 0. The summed E-state index contributed by atoms with van der Waals surface area (Å²) in [5.41, 5.74) is 1.79. The predicted molar refractivity (Wildman–Crippen MR) is 94.5 cm³/mol. The lowest BCUT2D eigenvalue weighted by Gasteiger charge is -2.31. The van der Waals surface area contributed by atoms with Gasteiger partial charge in [-0.3, -0.25) is 0 Å². The summed E-state index contributed by atoms with van der Waals surface area (Å²) in [5.74, 6) is -1.23. The lowest BCUT2D eigenvalue weighted by Crippen LogP contribution is -2.45. The number of piperidine rings is 1. The van der Waals surface area contributed by atoms with Crippen LogP contribution in [0.5, 0.6) is 0 Å². The fourth-order valence-corrected chi connectivity index (χ4v) is 3.04. The summed E-state index contributed by atoms with van der Waals surface area (Å²) in [4.78, 5) is 14.1. The van der Waals surface area contributed by atoms with Gasteiger partial charge in [-0.25, -0.2) is 13.6 Å². The maximum Gasteiger partial charge on any atom is 0.321 e. The Morgan fingerprint density at radius 3 is 2.24 bits per heavy atom. The molecule has 2 amide bonds. The number of amides is 2. The van der Waals surface area contributed by atoms with E-state index in [9.17, 15) is 13.6 Å². The SMILES string of the molecule is CN(C(=O)Nc1ccc(-c2cc(F)cc(F)c2)cc1)C1CCNCC1. The molecule has 25 heavy (non-hydrogen) atoms. The Hall–Kier alpha value is -2.47. The summed E-state index contributed by atoms with van der Waals surface area (Å²) in [6.07, 6.45) is 1.88. The van der Waals surface area contributed by atoms with Crippen molar-refractivity contribution in [3.8, 4) is 11.1 Å². The highest BCUT2D eigenvalue weighted by molar-refractivity contribution is 5.89. The molecule has 1 aliphatic rings. The van der Waals surface area contributed by atoms with Gasteiger partial charge in [0.15, 0.2) is 0 Å². The second kappa shape index (κ2) is 7.61. The number of nitrogens with one attached hydrogen (secondary N) is 2. The first-order chi connectivity index (χ1) is 12.0. The van der Waals surface area contributed by atoms with Gasteiger partial charge in [0.1, 0.15) is 11.6 Å². The van der Waals surface area contributed by atoms with E-state index in [2.05, 4.69) is 10.6 Å². The van der Waals surface area contributed by atoms with Crippen LogP contribution in [0.1, 0.15) is 12.8 Å². The maximum atomic E-state index is 13.3. The van der Waals surface area contributed by atoms with Gasteiger partial charge >= 0.3 is 6.03 Å². The van der Waals surface area contributed by atoms with E-state index in [0.29, 0.717) is 16.8 Å². The van der Waals surface area contributed by atoms with Crippen LogP contribution in [0.3, 0.4) is 0 Å². The minimum absolute atomic E-state index is 0.156. The number of hydrogen-bond donors (Lipinski definition) is 2. The number of nitrogens with zero attached hydrogens (tertiary/aromatic N) is 1. The van der Waals surface area contributed by atoms with Crippen molar-refractivity contribution >= 4 is 11.7 Å². The molecular formula is C19H21F2N3O. The zero-order valence-electron chi connectivity index (χ0n) is 14.1. The predicted octanol–water partition coefficient (Wildman–Crippen LogP) is 3.85. The van der Waals surface area contributed by atoms with Gasteiger partial charge < -0.3 is 15.5 Å². The Bertz CT molecular complexity index is 723. The van der Waals surface area contributed by atoms with E-state index < -0.39 is 11.6 Å². The molecule has 4 nitrogen and oxygen atoms in total. The van der Waals surface area contributed by atoms with Gasteiger partial charge in [0, 0.05) is 24.8 Å². The van der Waals surface area contributed by atoms with Crippen LogP contribution in [0.4, 0.5) is 19.3 Å². The standard InChI is InChI=1S/C19H21F2N3O/c1-24(18-6-8-22-9-7-18)19(25)23-17-4-2-13(3-5-17)14-10-15(20)12-16(21)11-14/h2-5,10-12,18,22H,6-9H2,1H3,(H,23,25). The lowest BCUT2D eigenvalue weighted by molar-refractivity contribution is 0.189. The average Bonchev–Trinajstić information content (AvgIpc) is 2.61. The smallest absolute Gasteiger partial charge is 0.321 e. The average molecular weight is 345 g/mol. The van der Waals surface area contributed by atoms with Gasteiger partial charge in [0.05, 0.1) is 0 Å². The van der Waals surface area contributed by atoms with E-state index in [1.165, 1.54) is 12.1 Å². The first-order valence-corrected chi connectivity index (χ1v) is 8.34. The highest BCUT2D eigenvalue weighted by Gasteiger charge is 2.21. The van der Waals surface area contributed by atoms with Crippen LogP contribution in [0.25, 0.3) is 11.1 Å². The lowest BCUT2D eigenvalue weighted by atomic mass is 10.0. The summed E-state index contributed by atoms with van der Waals surface area (Å²) in [6.45, 7) is 1.84. The third-order valence-electron chi connectivity index (χ3n) is 4.51. The summed E-state index contributed by atoms with van der Waals surface area (Å²) in [5, 5.41) is 6.13. The van der Waals surface area contributed by atoms with Crippen molar-refractivity contribution in [2.24, 2.45) is 0 Å². The molecule has 1 fully saturated rings. The monoisotopic (exact) mass is 345 g/mol. The molecule has 2 aromatic carbocycles. The van der Waals surface area contributed by atoms with Crippen molar-refractivity contribution < 1.29 is 13.6 Å². The number of benzene rings is 2. The van der Waals surface area contributed by atoms with Gasteiger partial charge in [-0.05, 0) is 61.3 Å². The zero-order valence-corrected chi connectivity index (χ0v) is 14.1. The van der Waals surface area contributed by atoms with Crippen molar-refractivity contribution in [1.82, 2.24) is 10.2 Å².